The Labute approximate surface area is 73.9 Å². The molecular weight excluding hydrogens is 156 g/mol. The molecule has 2 saturated heterocycles. The first kappa shape index (κ1) is 7.93. The van der Waals surface area contributed by atoms with Crippen molar-refractivity contribution in [3.8, 4) is 0 Å². The third-order valence-electron chi connectivity index (χ3n) is 3.38. The van der Waals surface area contributed by atoms with E-state index in [0.29, 0.717) is 5.41 Å². The van der Waals surface area contributed by atoms with Crippen molar-refractivity contribution in [1.29, 1.82) is 0 Å². The summed E-state index contributed by atoms with van der Waals surface area (Å²) >= 11 is 4.36. The lowest BCUT2D eigenvalue weighted by Gasteiger charge is -2.51. The predicted molar refractivity (Wildman–Crippen MR) is 49.1 cm³/mol. The fourth-order valence-electron chi connectivity index (χ4n) is 2.13. The van der Waals surface area contributed by atoms with Crippen molar-refractivity contribution in [2.24, 2.45) is 5.41 Å². The van der Waals surface area contributed by atoms with Crippen LogP contribution in [0.5, 0.6) is 0 Å². The molecule has 1 aliphatic carbocycles. The molecule has 1 saturated carbocycles. The van der Waals surface area contributed by atoms with E-state index in [0.717, 1.165) is 12.4 Å². The zero-order chi connectivity index (χ0) is 7.95. The Morgan fingerprint density at radius 1 is 1.27 bits per heavy atom. The lowest BCUT2D eigenvalue weighted by Crippen LogP contribution is -2.50. The lowest BCUT2D eigenvalue weighted by atomic mass is 9.68. The molecule has 0 N–H and O–H groups in total. The van der Waals surface area contributed by atoms with Gasteiger partial charge in [0.2, 0.25) is 0 Å². The van der Waals surface area contributed by atoms with E-state index in [1.54, 1.807) is 0 Å². The third-order valence-corrected chi connectivity index (χ3v) is 3.96. The molecule has 0 atom stereocenters. The number of rotatable bonds is 1. The van der Waals surface area contributed by atoms with Crippen LogP contribution in [0.15, 0.2) is 0 Å². The third kappa shape index (κ3) is 1.20. The second kappa shape index (κ2) is 2.40. The first-order chi connectivity index (χ1) is 5.18. The van der Waals surface area contributed by atoms with Crippen molar-refractivity contribution in [2.45, 2.75) is 38.2 Å². The zero-order valence-corrected chi connectivity index (χ0v) is 7.99. The zero-order valence-electron chi connectivity index (χ0n) is 7.10. The van der Waals surface area contributed by atoms with E-state index >= 15 is 0 Å². The van der Waals surface area contributed by atoms with Crippen LogP contribution in [0.3, 0.4) is 0 Å². The van der Waals surface area contributed by atoms with E-state index in [2.05, 4.69) is 19.6 Å². The molecule has 3 rings (SSSR count). The number of hydrogen-bond donors (Lipinski definition) is 1. The van der Waals surface area contributed by atoms with Crippen molar-refractivity contribution in [3.05, 3.63) is 0 Å². The maximum Gasteiger partial charge on any atom is 0.0770 e. The Balaban J connectivity index is 2.12. The maximum atomic E-state index is 5.84. The highest BCUT2D eigenvalue weighted by molar-refractivity contribution is 7.80. The van der Waals surface area contributed by atoms with E-state index in [4.69, 9.17) is 4.74 Å². The first-order valence-electron chi connectivity index (χ1n) is 4.43. The van der Waals surface area contributed by atoms with E-state index < -0.39 is 0 Å². The highest BCUT2D eigenvalue weighted by atomic mass is 32.1. The van der Waals surface area contributed by atoms with Gasteiger partial charge in [-0.25, -0.2) is 0 Å². The van der Waals surface area contributed by atoms with Gasteiger partial charge in [-0.05, 0) is 31.1 Å². The molecule has 2 bridgehead atoms. The molecule has 0 aromatic rings. The predicted octanol–water partition coefficient (Wildman–Crippen LogP) is 2.27. The van der Waals surface area contributed by atoms with Gasteiger partial charge in [0.25, 0.3) is 0 Å². The quantitative estimate of drug-likeness (QED) is 0.597. The summed E-state index contributed by atoms with van der Waals surface area (Å²) in [5.41, 5.74) is 0.672. The Hall–Kier alpha value is 0.310. The molecule has 0 aromatic carbocycles. The second-order valence-electron chi connectivity index (χ2n) is 4.44. The van der Waals surface area contributed by atoms with Crippen LogP contribution in [0.4, 0.5) is 0 Å². The molecule has 1 nitrogen and oxygen atoms in total. The summed E-state index contributed by atoms with van der Waals surface area (Å²) in [6, 6.07) is 0. The monoisotopic (exact) mass is 172 g/mol. The van der Waals surface area contributed by atoms with Crippen molar-refractivity contribution >= 4 is 12.6 Å². The number of hydrogen-bond acceptors (Lipinski definition) is 2. The van der Waals surface area contributed by atoms with Gasteiger partial charge in [-0.1, -0.05) is 6.92 Å². The molecule has 0 radical (unpaired) electrons. The summed E-state index contributed by atoms with van der Waals surface area (Å²) in [6.07, 6.45) is 5.14. The largest absolute Gasteiger partial charge is 0.374 e. The summed E-state index contributed by atoms with van der Waals surface area (Å²) in [5, 5.41) is 0. The number of fused-ring (bicyclic) bond motifs is 3. The summed E-state index contributed by atoms with van der Waals surface area (Å²) in [7, 11) is 0. The van der Waals surface area contributed by atoms with Crippen LogP contribution in [0, 0.1) is 5.41 Å². The van der Waals surface area contributed by atoms with E-state index in [1.165, 1.54) is 25.7 Å². The van der Waals surface area contributed by atoms with Crippen molar-refractivity contribution < 1.29 is 4.74 Å². The van der Waals surface area contributed by atoms with Gasteiger partial charge >= 0.3 is 0 Å². The molecule has 64 valence electrons. The van der Waals surface area contributed by atoms with Gasteiger partial charge in [-0.2, -0.15) is 12.6 Å². The average Bonchev–Trinajstić information content (AvgIpc) is 2.07. The van der Waals surface area contributed by atoms with Gasteiger partial charge in [0.05, 0.1) is 12.2 Å². The Morgan fingerprint density at radius 3 is 2.27 bits per heavy atom. The highest BCUT2D eigenvalue weighted by Gasteiger charge is 2.46. The average molecular weight is 172 g/mol. The number of thiol groups is 1. The maximum absolute atomic E-state index is 5.84. The standard InChI is InChI=1S/C9H16OS/c1-8-2-4-9(7-11,5-3-8)10-6-8/h11H,2-7H2,1H3. The second-order valence-corrected chi connectivity index (χ2v) is 4.76. The van der Waals surface area contributed by atoms with Crippen LogP contribution in [-0.4, -0.2) is 18.0 Å². The Bertz CT molecular complexity index is 142. The first-order valence-corrected chi connectivity index (χ1v) is 5.06. The van der Waals surface area contributed by atoms with Gasteiger partial charge in [0.1, 0.15) is 0 Å². The van der Waals surface area contributed by atoms with Crippen LogP contribution in [0.25, 0.3) is 0 Å². The van der Waals surface area contributed by atoms with Gasteiger partial charge in [0.15, 0.2) is 0 Å². The Kier molecular flexibility index (Phi) is 1.73. The van der Waals surface area contributed by atoms with E-state index in [-0.39, 0.29) is 5.60 Å². The fraction of sp³-hybridized carbons (Fsp3) is 1.00. The van der Waals surface area contributed by atoms with Gasteiger partial charge in [0, 0.05) is 5.75 Å². The smallest absolute Gasteiger partial charge is 0.0770 e. The molecule has 2 heteroatoms. The molecule has 3 fully saturated rings. The molecule has 0 spiro atoms. The molecular formula is C9H16OS. The molecule has 0 amide bonds. The molecule has 2 aliphatic heterocycles. The molecule has 11 heavy (non-hydrogen) atoms. The van der Waals surface area contributed by atoms with Crippen LogP contribution in [0.2, 0.25) is 0 Å². The minimum absolute atomic E-state index is 0.168. The van der Waals surface area contributed by atoms with Gasteiger partial charge < -0.3 is 4.74 Å². The van der Waals surface area contributed by atoms with E-state index in [9.17, 15) is 0 Å². The van der Waals surface area contributed by atoms with Gasteiger partial charge in [-0.15, -0.1) is 0 Å². The summed E-state index contributed by atoms with van der Waals surface area (Å²) < 4.78 is 5.84. The summed E-state index contributed by atoms with van der Waals surface area (Å²) in [4.78, 5) is 0. The van der Waals surface area contributed by atoms with Crippen molar-refractivity contribution in [2.75, 3.05) is 12.4 Å². The lowest BCUT2D eigenvalue weighted by molar-refractivity contribution is -0.164. The van der Waals surface area contributed by atoms with Crippen LogP contribution in [0.1, 0.15) is 32.6 Å². The molecule has 3 aliphatic rings. The Morgan fingerprint density at radius 2 is 1.91 bits per heavy atom. The SMILES string of the molecule is CC12CCC(CS)(CC1)OC2. The summed E-state index contributed by atoms with van der Waals surface area (Å²) in [6.45, 7) is 3.31. The van der Waals surface area contributed by atoms with Gasteiger partial charge in [-0.3, -0.25) is 0 Å². The molecule has 0 aromatic heterocycles. The summed E-state index contributed by atoms with van der Waals surface area (Å²) in [5.74, 6) is 0.906. The minimum Gasteiger partial charge on any atom is -0.374 e. The van der Waals surface area contributed by atoms with Crippen molar-refractivity contribution in [1.82, 2.24) is 0 Å². The molecule has 2 heterocycles. The van der Waals surface area contributed by atoms with Crippen molar-refractivity contribution in [3.63, 3.8) is 0 Å². The fourth-order valence-corrected chi connectivity index (χ4v) is 2.54. The van der Waals surface area contributed by atoms with Crippen LogP contribution in [-0.2, 0) is 4.74 Å². The minimum atomic E-state index is 0.168. The normalized spacial score (nSPS) is 49.6. The van der Waals surface area contributed by atoms with E-state index in [1.807, 2.05) is 0 Å². The highest BCUT2D eigenvalue weighted by Crippen LogP contribution is 2.48. The van der Waals surface area contributed by atoms with Crippen LogP contribution >= 0.6 is 12.6 Å². The number of ether oxygens (including phenoxy) is 1. The molecule has 0 unspecified atom stereocenters. The topological polar surface area (TPSA) is 9.23 Å². The van der Waals surface area contributed by atoms with Crippen LogP contribution < -0.4 is 0 Å².